The van der Waals surface area contributed by atoms with Crippen LogP contribution >= 0.6 is 0 Å². The monoisotopic (exact) mass is 260 g/mol. The molecule has 2 nitrogen and oxygen atoms in total. The van der Waals surface area contributed by atoms with Crippen LogP contribution in [0.5, 0.6) is 0 Å². The van der Waals surface area contributed by atoms with E-state index in [2.05, 4.69) is 0 Å². The lowest BCUT2D eigenvalue weighted by atomic mass is 10.0. The van der Waals surface area contributed by atoms with Gasteiger partial charge in [-0.1, -0.05) is 18.2 Å². The van der Waals surface area contributed by atoms with Crippen molar-refractivity contribution < 1.29 is 18.7 Å². The van der Waals surface area contributed by atoms with E-state index in [1.807, 2.05) is 0 Å². The Labute approximate surface area is 108 Å². The van der Waals surface area contributed by atoms with Crippen molar-refractivity contribution in [2.45, 2.75) is 0 Å². The van der Waals surface area contributed by atoms with Crippen molar-refractivity contribution in [2.75, 3.05) is 0 Å². The number of hydrogen-bond acceptors (Lipinski definition) is 1. The maximum Gasteiger partial charge on any atom is 0.328 e. The number of carboxylic acids is 1. The number of rotatable bonds is 3. The quantitative estimate of drug-likeness (QED) is 0.854. The minimum Gasteiger partial charge on any atom is -0.478 e. The highest BCUT2D eigenvalue weighted by Crippen LogP contribution is 2.23. The molecule has 2 aromatic rings. The summed E-state index contributed by atoms with van der Waals surface area (Å²) < 4.78 is 26.3. The van der Waals surface area contributed by atoms with E-state index in [9.17, 15) is 13.6 Å². The van der Waals surface area contributed by atoms with Gasteiger partial charge in [0, 0.05) is 11.6 Å². The number of halogens is 2. The zero-order valence-corrected chi connectivity index (χ0v) is 9.81. The van der Waals surface area contributed by atoms with Gasteiger partial charge in [-0.15, -0.1) is 0 Å². The minimum absolute atomic E-state index is 0.171. The second kappa shape index (κ2) is 5.44. The van der Waals surface area contributed by atoms with Gasteiger partial charge in [0.05, 0.1) is 0 Å². The van der Waals surface area contributed by atoms with Gasteiger partial charge in [-0.05, 0) is 41.5 Å². The summed E-state index contributed by atoms with van der Waals surface area (Å²) in [5.41, 5.74) is 1.59. The van der Waals surface area contributed by atoms with Crippen LogP contribution in [0.4, 0.5) is 8.78 Å². The molecule has 0 saturated heterocycles. The first-order chi connectivity index (χ1) is 9.06. The molecular weight excluding hydrogens is 250 g/mol. The van der Waals surface area contributed by atoms with Crippen molar-refractivity contribution in [3.63, 3.8) is 0 Å². The molecule has 4 heteroatoms. The van der Waals surface area contributed by atoms with Gasteiger partial charge in [0.25, 0.3) is 0 Å². The molecule has 0 bridgehead atoms. The van der Waals surface area contributed by atoms with Crippen molar-refractivity contribution >= 4 is 12.0 Å². The lowest BCUT2D eigenvalue weighted by Crippen LogP contribution is -1.89. The summed E-state index contributed by atoms with van der Waals surface area (Å²) in [7, 11) is 0. The van der Waals surface area contributed by atoms with Crippen LogP contribution in [-0.4, -0.2) is 11.1 Å². The predicted octanol–water partition coefficient (Wildman–Crippen LogP) is 3.73. The zero-order valence-electron chi connectivity index (χ0n) is 9.81. The highest BCUT2D eigenvalue weighted by molar-refractivity contribution is 5.85. The van der Waals surface area contributed by atoms with Gasteiger partial charge in [0.15, 0.2) is 0 Å². The Balaban J connectivity index is 2.40. The van der Waals surface area contributed by atoms with Crippen LogP contribution in [0.25, 0.3) is 17.2 Å². The third-order valence-corrected chi connectivity index (χ3v) is 2.58. The zero-order chi connectivity index (χ0) is 13.8. The topological polar surface area (TPSA) is 37.3 Å². The summed E-state index contributed by atoms with van der Waals surface area (Å²) in [5.74, 6) is -2.01. The summed E-state index contributed by atoms with van der Waals surface area (Å²) in [5, 5.41) is 8.53. The average Bonchev–Trinajstić information content (AvgIpc) is 2.39. The Morgan fingerprint density at radius 2 is 1.63 bits per heavy atom. The fourth-order valence-electron chi connectivity index (χ4n) is 1.65. The van der Waals surface area contributed by atoms with Crippen molar-refractivity contribution in [3.05, 3.63) is 65.7 Å². The van der Waals surface area contributed by atoms with E-state index in [1.54, 1.807) is 18.2 Å². The van der Waals surface area contributed by atoms with E-state index in [-0.39, 0.29) is 11.4 Å². The molecule has 0 aliphatic rings. The van der Waals surface area contributed by atoms with E-state index in [0.717, 1.165) is 11.6 Å². The highest BCUT2D eigenvalue weighted by Gasteiger charge is 2.04. The Morgan fingerprint density at radius 3 is 2.26 bits per heavy atom. The third-order valence-electron chi connectivity index (χ3n) is 2.58. The van der Waals surface area contributed by atoms with Crippen molar-refractivity contribution in [2.24, 2.45) is 0 Å². The molecule has 19 heavy (non-hydrogen) atoms. The molecule has 0 heterocycles. The number of carboxylic acid groups (broad SMARTS) is 1. The number of benzene rings is 2. The maximum absolute atomic E-state index is 13.5. The molecule has 0 atom stereocenters. The molecule has 1 N–H and O–H groups in total. The van der Waals surface area contributed by atoms with Gasteiger partial charge in [-0.3, -0.25) is 0 Å². The fraction of sp³-hybridized carbons (Fsp3) is 0. The lowest BCUT2D eigenvalue weighted by Gasteiger charge is -2.04. The van der Waals surface area contributed by atoms with Gasteiger partial charge < -0.3 is 5.11 Å². The molecule has 0 saturated carbocycles. The van der Waals surface area contributed by atoms with Crippen LogP contribution in [0.15, 0.2) is 48.5 Å². The molecule has 96 valence electrons. The Kier molecular flexibility index (Phi) is 3.71. The van der Waals surface area contributed by atoms with E-state index < -0.39 is 11.8 Å². The molecule has 2 aromatic carbocycles. The number of carbonyl (C=O) groups is 1. The molecule has 0 aliphatic carbocycles. The van der Waals surface area contributed by atoms with E-state index in [0.29, 0.717) is 5.56 Å². The first kappa shape index (κ1) is 13.0. The van der Waals surface area contributed by atoms with Crippen molar-refractivity contribution in [1.29, 1.82) is 0 Å². The molecule has 0 unspecified atom stereocenters. The van der Waals surface area contributed by atoms with Gasteiger partial charge >= 0.3 is 5.97 Å². The van der Waals surface area contributed by atoms with Crippen LogP contribution in [0.3, 0.4) is 0 Å². The second-order valence-electron chi connectivity index (χ2n) is 3.91. The molecule has 0 amide bonds. The van der Waals surface area contributed by atoms with E-state index >= 15 is 0 Å². The first-order valence-electron chi connectivity index (χ1n) is 5.53. The number of aliphatic carboxylic acids is 1. The van der Waals surface area contributed by atoms with E-state index in [4.69, 9.17) is 5.11 Å². The van der Waals surface area contributed by atoms with Gasteiger partial charge in [0.1, 0.15) is 11.6 Å². The third kappa shape index (κ3) is 3.25. The normalized spacial score (nSPS) is 10.8. The standard InChI is InChI=1S/C15H10F2O2/c16-13-5-1-10(2-6-13)11-3-7-14(17)12(9-11)4-8-15(18)19/h1-9H,(H,18,19). The predicted molar refractivity (Wildman–Crippen MR) is 68.5 cm³/mol. The summed E-state index contributed by atoms with van der Waals surface area (Å²) in [6.07, 6.45) is 2.05. The van der Waals surface area contributed by atoms with Crippen LogP contribution in [0.2, 0.25) is 0 Å². The molecule has 0 fully saturated rings. The van der Waals surface area contributed by atoms with E-state index in [1.165, 1.54) is 30.3 Å². The van der Waals surface area contributed by atoms with Crippen LogP contribution in [0.1, 0.15) is 5.56 Å². The SMILES string of the molecule is O=C(O)C=Cc1cc(-c2ccc(F)cc2)ccc1F. The first-order valence-corrected chi connectivity index (χ1v) is 5.53. The van der Waals surface area contributed by atoms with Crippen molar-refractivity contribution in [1.82, 2.24) is 0 Å². The highest BCUT2D eigenvalue weighted by atomic mass is 19.1. The molecule has 2 rings (SSSR count). The smallest absolute Gasteiger partial charge is 0.328 e. The van der Waals surface area contributed by atoms with Crippen molar-refractivity contribution in [3.8, 4) is 11.1 Å². The van der Waals surface area contributed by atoms with Crippen LogP contribution in [-0.2, 0) is 4.79 Å². The molecule has 0 aliphatic heterocycles. The second-order valence-corrected chi connectivity index (χ2v) is 3.91. The van der Waals surface area contributed by atoms with Gasteiger partial charge in [-0.2, -0.15) is 0 Å². The largest absolute Gasteiger partial charge is 0.478 e. The maximum atomic E-state index is 13.5. The average molecular weight is 260 g/mol. The van der Waals surface area contributed by atoms with Crippen LogP contribution < -0.4 is 0 Å². The Bertz CT molecular complexity index is 631. The molecule has 0 spiro atoms. The molecule has 0 aromatic heterocycles. The van der Waals surface area contributed by atoms with Crippen LogP contribution in [0, 0.1) is 11.6 Å². The summed E-state index contributed by atoms with van der Waals surface area (Å²) in [6, 6.07) is 10.1. The summed E-state index contributed by atoms with van der Waals surface area (Å²) in [6.45, 7) is 0. The number of hydrogen-bond donors (Lipinski definition) is 1. The minimum atomic E-state index is -1.15. The Hall–Kier alpha value is -2.49. The molecular formula is C15H10F2O2. The van der Waals surface area contributed by atoms with Gasteiger partial charge in [0.2, 0.25) is 0 Å². The lowest BCUT2D eigenvalue weighted by molar-refractivity contribution is -0.131. The summed E-state index contributed by atoms with van der Waals surface area (Å²) in [4.78, 5) is 10.4. The Morgan fingerprint density at radius 1 is 1.00 bits per heavy atom. The molecule has 0 radical (unpaired) electrons. The van der Waals surface area contributed by atoms with Gasteiger partial charge in [-0.25, -0.2) is 13.6 Å². The summed E-state index contributed by atoms with van der Waals surface area (Å²) >= 11 is 0. The fourth-order valence-corrected chi connectivity index (χ4v) is 1.65.